The molecule has 0 saturated heterocycles. The molecule has 0 spiro atoms. The van der Waals surface area contributed by atoms with E-state index in [0.717, 1.165) is 22.3 Å². The Morgan fingerprint density at radius 1 is 0.465 bits per heavy atom. The van der Waals surface area contributed by atoms with Crippen LogP contribution in [0.3, 0.4) is 0 Å². The van der Waals surface area contributed by atoms with Gasteiger partial charge in [-0.3, -0.25) is 19.2 Å². The number of hydrogen-bond donors (Lipinski definition) is 2. The van der Waals surface area contributed by atoms with Gasteiger partial charge in [0.2, 0.25) is 0 Å². The number of ether oxygens (including phenoxy) is 2. The molecule has 0 aromatic heterocycles. The minimum Gasteiger partial charge on any atom is -0.464 e. The second kappa shape index (κ2) is 16.3. The Bertz CT molecular complexity index is 1370. The molecule has 0 aliphatic heterocycles. The van der Waals surface area contributed by atoms with Crippen LogP contribution in [0.15, 0.2) is 109 Å². The molecule has 0 heterocycles. The number of carbonyl (C=O) groups is 4. The van der Waals surface area contributed by atoms with Crippen LogP contribution in [0.2, 0.25) is 0 Å². The summed E-state index contributed by atoms with van der Waals surface area (Å²) in [5.41, 5.74) is 5.20. The summed E-state index contributed by atoms with van der Waals surface area (Å²) in [6.45, 7) is 0.420. The van der Waals surface area contributed by atoms with Gasteiger partial charge in [-0.1, -0.05) is 84.9 Å². The van der Waals surface area contributed by atoms with Crippen molar-refractivity contribution < 1.29 is 28.7 Å². The second-order valence-electron chi connectivity index (χ2n) is 9.69. The Morgan fingerprint density at radius 2 is 0.814 bits per heavy atom. The number of rotatable bonds is 14. The summed E-state index contributed by atoms with van der Waals surface area (Å²) in [5, 5.41) is 5.45. The van der Waals surface area contributed by atoms with Crippen LogP contribution in [0.25, 0.3) is 22.3 Å². The predicted octanol–water partition coefficient (Wildman–Crippen LogP) is 5.44. The number of amides is 2. The summed E-state index contributed by atoms with van der Waals surface area (Å²) in [6.07, 6.45) is 0.386. The molecule has 8 heteroatoms. The van der Waals surface area contributed by atoms with Crippen LogP contribution < -0.4 is 10.6 Å². The van der Waals surface area contributed by atoms with Gasteiger partial charge in [-0.15, -0.1) is 0 Å². The van der Waals surface area contributed by atoms with E-state index < -0.39 is 11.9 Å². The second-order valence-corrected chi connectivity index (χ2v) is 9.69. The van der Waals surface area contributed by atoms with Crippen LogP contribution >= 0.6 is 0 Å². The summed E-state index contributed by atoms with van der Waals surface area (Å²) in [4.78, 5) is 48.6. The van der Waals surface area contributed by atoms with Crippen molar-refractivity contribution in [2.45, 2.75) is 19.3 Å². The molecule has 4 rings (SSSR count). The monoisotopic (exact) mass is 578 g/mol. The van der Waals surface area contributed by atoms with E-state index >= 15 is 0 Å². The molecule has 2 amide bonds. The highest BCUT2D eigenvalue weighted by Crippen LogP contribution is 2.20. The molecule has 0 radical (unpaired) electrons. The van der Waals surface area contributed by atoms with E-state index in [1.54, 1.807) is 24.3 Å². The van der Waals surface area contributed by atoms with Crippen LogP contribution in [-0.4, -0.2) is 50.1 Å². The molecule has 0 aliphatic carbocycles. The summed E-state index contributed by atoms with van der Waals surface area (Å²) in [6, 6.07) is 34.3. The van der Waals surface area contributed by atoms with E-state index in [4.69, 9.17) is 9.47 Å². The average Bonchev–Trinajstić information content (AvgIpc) is 3.06. The lowest BCUT2D eigenvalue weighted by atomic mass is 10.0. The van der Waals surface area contributed by atoms with Gasteiger partial charge in [-0.2, -0.15) is 0 Å². The molecule has 0 aliphatic rings. The zero-order chi connectivity index (χ0) is 30.3. The van der Waals surface area contributed by atoms with E-state index in [-0.39, 0.29) is 57.4 Å². The Kier molecular flexibility index (Phi) is 11.6. The standard InChI is InChI=1S/C35H34N2O6/c38-32(42-24-22-36-34(40)30-18-14-28(15-19-30)26-8-3-1-4-9-26)12-7-13-33(39)43-25-23-37-35(41)31-20-16-29(17-21-31)27-10-5-2-6-11-27/h1-6,8-11,14-21H,7,12-13,22-25H2,(H,36,40)(H,37,41). The summed E-state index contributed by atoms with van der Waals surface area (Å²) in [7, 11) is 0. The fraction of sp³-hybridized carbons (Fsp3) is 0.200. The van der Waals surface area contributed by atoms with E-state index in [0.29, 0.717) is 11.1 Å². The largest absolute Gasteiger partial charge is 0.464 e. The van der Waals surface area contributed by atoms with Gasteiger partial charge in [0.25, 0.3) is 11.8 Å². The highest BCUT2D eigenvalue weighted by atomic mass is 16.5. The van der Waals surface area contributed by atoms with Gasteiger partial charge in [0.1, 0.15) is 13.2 Å². The van der Waals surface area contributed by atoms with Crippen molar-refractivity contribution in [2.75, 3.05) is 26.3 Å². The highest BCUT2D eigenvalue weighted by Gasteiger charge is 2.10. The van der Waals surface area contributed by atoms with Crippen LogP contribution in [-0.2, 0) is 19.1 Å². The average molecular weight is 579 g/mol. The number of benzene rings is 4. The third kappa shape index (κ3) is 9.97. The maximum Gasteiger partial charge on any atom is 0.305 e. The summed E-state index contributed by atoms with van der Waals surface area (Å²) < 4.78 is 10.3. The first-order chi connectivity index (χ1) is 21.0. The molecule has 2 N–H and O–H groups in total. The predicted molar refractivity (Wildman–Crippen MR) is 164 cm³/mol. The quantitative estimate of drug-likeness (QED) is 0.152. The normalized spacial score (nSPS) is 10.4. The Hall–Kier alpha value is -5.24. The van der Waals surface area contributed by atoms with Gasteiger partial charge >= 0.3 is 11.9 Å². The summed E-state index contributed by atoms with van der Waals surface area (Å²) in [5.74, 6) is -1.43. The molecule has 0 bridgehead atoms. The molecular formula is C35H34N2O6. The van der Waals surface area contributed by atoms with Crippen LogP contribution in [0.1, 0.15) is 40.0 Å². The minimum atomic E-state index is -0.459. The zero-order valence-electron chi connectivity index (χ0n) is 23.8. The fourth-order valence-electron chi connectivity index (χ4n) is 4.27. The Balaban J connectivity index is 1.02. The van der Waals surface area contributed by atoms with E-state index in [1.165, 1.54) is 0 Å². The molecule has 0 atom stereocenters. The molecule has 43 heavy (non-hydrogen) atoms. The molecule has 0 unspecified atom stereocenters. The lowest BCUT2D eigenvalue weighted by molar-refractivity contribution is -0.145. The molecule has 220 valence electrons. The smallest absolute Gasteiger partial charge is 0.305 e. The number of esters is 2. The first-order valence-electron chi connectivity index (χ1n) is 14.2. The van der Waals surface area contributed by atoms with Crippen molar-refractivity contribution in [3.05, 3.63) is 120 Å². The maximum absolute atomic E-state index is 12.3. The third-order valence-corrected chi connectivity index (χ3v) is 6.57. The van der Waals surface area contributed by atoms with Gasteiger partial charge in [-0.05, 0) is 52.9 Å². The third-order valence-electron chi connectivity index (χ3n) is 6.57. The number of carbonyl (C=O) groups excluding carboxylic acids is 4. The minimum absolute atomic E-state index is 0.0335. The van der Waals surface area contributed by atoms with Crippen molar-refractivity contribution >= 4 is 23.8 Å². The van der Waals surface area contributed by atoms with Gasteiger partial charge in [0, 0.05) is 24.0 Å². The van der Waals surface area contributed by atoms with Crippen LogP contribution in [0.4, 0.5) is 0 Å². The van der Waals surface area contributed by atoms with E-state index in [9.17, 15) is 19.2 Å². The van der Waals surface area contributed by atoms with Gasteiger partial charge in [0.15, 0.2) is 0 Å². The lowest BCUT2D eigenvalue weighted by Crippen LogP contribution is -2.28. The first kappa shape index (κ1) is 30.7. The van der Waals surface area contributed by atoms with Crippen molar-refractivity contribution in [1.29, 1.82) is 0 Å². The van der Waals surface area contributed by atoms with Gasteiger partial charge in [-0.25, -0.2) is 0 Å². The first-order valence-corrected chi connectivity index (χ1v) is 14.2. The van der Waals surface area contributed by atoms with Crippen molar-refractivity contribution in [3.8, 4) is 22.3 Å². The summed E-state index contributed by atoms with van der Waals surface area (Å²) >= 11 is 0. The SMILES string of the molecule is O=C(CCCC(=O)OCCNC(=O)c1ccc(-c2ccccc2)cc1)OCCNC(=O)c1ccc(-c2ccccc2)cc1. The topological polar surface area (TPSA) is 111 Å². The molecule has 0 saturated carbocycles. The molecule has 8 nitrogen and oxygen atoms in total. The van der Waals surface area contributed by atoms with Crippen LogP contribution in [0, 0.1) is 0 Å². The molecule has 4 aromatic rings. The van der Waals surface area contributed by atoms with E-state index in [1.807, 2.05) is 84.9 Å². The molecule has 4 aromatic carbocycles. The van der Waals surface area contributed by atoms with Crippen molar-refractivity contribution in [2.24, 2.45) is 0 Å². The highest BCUT2D eigenvalue weighted by molar-refractivity contribution is 5.95. The van der Waals surface area contributed by atoms with E-state index in [2.05, 4.69) is 10.6 Å². The number of nitrogens with one attached hydrogen (secondary N) is 2. The lowest BCUT2D eigenvalue weighted by Gasteiger charge is -2.09. The molecule has 0 fully saturated rings. The van der Waals surface area contributed by atoms with Gasteiger partial charge < -0.3 is 20.1 Å². The zero-order valence-corrected chi connectivity index (χ0v) is 23.8. The van der Waals surface area contributed by atoms with Crippen LogP contribution in [0.5, 0.6) is 0 Å². The Morgan fingerprint density at radius 3 is 1.19 bits per heavy atom. The Labute approximate surface area is 251 Å². The maximum atomic E-state index is 12.3. The van der Waals surface area contributed by atoms with Gasteiger partial charge in [0.05, 0.1) is 13.1 Å². The fourth-order valence-corrected chi connectivity index (χ4v) is 4.27. The van der Waals surface area contributed by atoms with Crippen molar-refractivity contribution in [3.63, 3.8) is 0 Å². The van der Waals surface area contributed by atoms with Crippen molar-refractivity contribution in [1.82, 2.24) is 10.6 Å². The number of hydrogen-bond acceptors (Lipinski definition) is 6. The molecular weight excluding hydrogens is 544 g/mol.